The molecule has 2 aromatic carbocycles. The van der Waals surface area contributed by atoms with Crippen LogP contribution < -0.4 is 9.47 Å². The highest BCUT2D eigenvalue weighted by Gasteiger charge is 2.45. The summed E-state index contributed by atoms with van der Waals surface area (Å²) in [5, 5.41) is 0. The second kappa shape index (κ2) is 12.4. The van der Waals surface area contributed by atoms with Crippen molar-refractivity contribution in [3.8, 4) is 22.6 Å². The van der Waals surface area contributed by atoms with Crippen LogP contribution in [0.2, 0.25) is 0 Å². The van der Waals surface area contributed by atoms with Gasteiger partial charge in [-0.1, -0.05) is 18.2 Å². The molecule has 0 radical (unpaired) electrons. The van der Waals surface area contributed by atoms with E-state index in [4.69, 9.17) is 4.74 Å². The minimum absolute atomic E-state index is 0.163. The summed E-state index contributed by atoms with van der Waals surface area (Å²) in [6.45, 7) is 3.74. The lowest BCUT2D eigenvalue weighted by atomic mass is 9.71. The number of rotatable bonds is 9. The van der Waals surface area contributed by atoms with Crippen LogP contribution in [0.1, 0.15) is 51.4 Å². The van der Waals surface area contributed by atoms with Crippen LogP contribution in [0.3, 0.4) is 0 Å². The third-order valence-electron chi connectivity index (χ3n) is 7.87. The average molecular weight is 593 g/mol. The number of alkyl halides is 5. The zero-order valence-electron chi connectivity index (χ0n) is 21.9. The molecule has 2 aliphatic carbocycles. The second-order valence-electron chi connectivity index (χ2n) is 10.6. The van der Waals surface area contributed by atoms with Gasteiger partial charge in [-0.3, -0.25) is 0 Å². The summed E-state index contributed by atoms with van der Waals surface area (Å²) in [6.07, 6.45) is 2.62. The van der Waals surface area contributed by atoms with Gasteiger partial charge in [0.2, 0.25) is 5.75 Å². The van der Waals surface area contributed by atoms with E-state index in [0.29, 0.717) is 36.8 Å². The smallest absolute Gasteiger partial charge is 0.432 e. The van der Waals surface area contributed by atoms with E-state index >= 15 is 8.78 Å². The third kappa shape index (κ3) is 7.60. The highest BCUT2D eigenvalue weighted by atomic mass is 19.4. The van der Waals surface area contributed by atoms with E-state index in [1.165, 1.54) is 0 Å². The van der Waals surface area contributed by atoms with Crippen molar-refractivity contribution in [3.63, 3.8) is 0 Å². The zero-order valence-corrected chi connectivity index (χ0v) is 21.9. The van der Waals surface area contributed by atoms with Gasteiger partial charge in [-0.25, -0.2) is 17.6 Å². The molecule has 2 unspecified atom stereocenters. The summed E-state index contributed by atoms with van der Waals surface area (Å²) in [5.74, 6) is -9.46. The Morgan fingerprint density at radius 3 is 1.88 bits per heavy atom. The molecule has 1 fully saturated rings. The normalized spacial score (nSPS) is 23.3. The number of halogens is 9. The number of hydrogen-bond donors (Lipinski definition) is 0. The van der Waals surface area contributed by atoms with Crippen LogP contribution in [0.25, 0.3) is 11.1 Å². The Kier molecular flexibility index (Phi) is 9.33. The van der Waals surface area contributed by atoms with Crippen molar-refractivity contribution in [1.29, 1.82) is 0 Å². The topological polar surface area (TPSA) is 18.5 Å². The molecule has 0 bridgehead atoms. The largest absolute Gasteiger partial charge is 0.573 e. The molecule has 0 N–H and O–H groups in total. The van der Waals surface area contributed by atoms with Crippen LogP contribution in [0.15, 0.2) is 49.1 Å². The van der Waals surface area contributed by atoms with Crippen molar-refractivity contribution in [2.24, 2.45) is 23.7 Å². The van der Waals surface area contributed by atoms with E-state index in [1.54, 1.807) is 0 Å². The SMILES string of the molecule is C=CCCC1C=CC(C2CCC(C(F)(F)Oc3cc(F)c(-c4cc(F)c(OC(F)(F)F)c(F)c4)c(F)c3)CC2)CC1. The predicted molar refractivity (Wildman–Crippen MR) is 134 cm³/mol. The highest BCUT2D eigenvalue weighted by Crippen LogP contribution is 2.45. The quantitative estimate of drug-likeness (QED) is 0.213. The summed E-state index contributed by atoms with van der Waals surface area (Å²) in [4.78, 5) is 0. The minimum atomic E-state index is -5.41. The summed E-state index contributed by atoms with van der Waals surface area (Å²) in [6, 6.07) is 1.34. The molecular weight excluding hydrogens is 563 g/mol. The van der Waals surface area contributed by atoms with Gasteiger partial charge in [-0.15, -0.1) is 19.8 Å². The van der Waals surface area contributed by atoms with Gasteiger partial charge in [0.1, 0.15) is 17.4 Å². The van der Waals surface area contributed by atoms with Crippen molar-refractivity contribution in [1.82, 2.24) is 0 Å². The standard InChI is InChI=1S/C30H29F9O2/c1-2-3-4-17-5-7-18(8-6-17)19-9-11-21(12-10-19)29(35,36)40-22-15-23(31)27(24(32)16-22)20-13-25(33)28(26(34)14-20)41-30(37,38)39/h2,5,7,13-19,21H,1,3-4,6,8-12H2. The molecule has 2 nitrogen and oxygen atoms in total. The van der Waals surface area contributed by atoms with E-state index in [-0.39, 0.29) is 30.9 Å². The monoisotopic (exact) mass is 592 g/mol. The molecule has 1 saturated carbocycles. The van der Waals surface area contributed by atoms with Gasteiger partial charge in [0.25, 0.3) is 0 Å². The average Bonchev–Trinajstić information content (AvgIpc) is 2.89. The molecule has 0 heterocycles. The van der Waals surface area contributed by atoms with Crippen LogP contribution in [-0.2, 0) is 0 Å². The van der Waals surface area contributed by atoms with Gasteiger partial charge in [0, 0.05) is 12.1 Å². The lowest BCUT2D eigenvalue weighted by molar-refractivity contribution is -0.276. The maximum absolute atomic E-state index is 15.0. The fourth-order valence-electron chi connectivity index (χ4n) is 5.79. The first kappa shape index (κ1) is 30.8. The van der Waals surface area contributed by atoms with Crippen molar-refractivity contribution in [2.75, 3.05) is 0 Å². The number of ether oxygens (including phenoxy) is 2. The first-order valence-corrected chi connectivity index (χ1v) is 13.4. The zero-order chi connectivity index (χ0) is 29.9. The van der Waals surface area contributed by atoms with Gasteiger partial charge in [0.15, 0.2) is 11.6 Å². The Labute approximate surface area is 231 Å². The Bertz CT molecular complexity index is 1220. The maximum Gasteiger partial charge on any atom is 0.573 e. The first-order valence-electron chi connectivity index (χ1n) is 13.4. The number of benzene rings is 2. The Hall–Kier alpha value is -3.11. The summed E-state index contributed by atoms with van der Waals surface area (Å²) in [5.41, 5.74) is -1.84. The molecule has 0 aromatic heterocycles. The van der Waals surface area contributed by atoms with Crippen LogP contribution in [0, 0.1) is 46.9 Å². The fraction of sp³-hybridized carbons (Fsp3) is 0.467. The summed E-state index contributed by atoms with van der Waals surface area (Å²) >= 11 is 0. The van der Waals surface area contributed by atoms with E-state index in [2.05, 4.69) is 23.5 Å². The Morgan fingerprint density at radius 1 is 0.756 bits per heavy atom. The van der Waals surface area contributed by atoms with Crippen LogP contribution >= 0.6 is 0 Å². The van der Waals surface area contributed by atoms with E-state index in [1.807, 2.05) is 6.08 Å². The summed E-state index contributed by atoms with van der Waals surface area (Å²) in [7, 11) is 0. The Balaban J connectivity index is 1.41. The highest BCUT2D eigenvalue weighted by molar-refractivity contribution is 5.67. The van der Waals surface area contributed by atoms with Gasteiger partial charge in [-0.05, 0) is 86.8 Å². The van der Waals surface area contributed by atoms with Gasteiger partial charge >= 0.3 is 12.5 Å². The fourth-order valence-corrected chi connectivity index (χ4v) is 5.79. The molecular formula is C30H29F9O2. The molecule has 41 heavy (non-hydrogen) atoms. The predicted octanol–water partition coefficient (Wildman–Crippen LogP) is 10.1. The molecule has 11 heteroatoms. The van der Waals surface area contributed by atoms with E-state index in [0.717, 1.165) is 25.7 Å². The first-order chi connectivity index (χ1) is 19.3. The minimum Gasteiger partial charge on any atom is -0.432 e. The van der Waals surface area contributed by atoms with E-state index in [9.17, 15) is 30.7 Å². The second-order valence-corrected chi connectivity index (χ2v) is 10.6. The van der Waals surface area contributed by atoms with Gasteiger partial charge < -0.3 is 9.47 Å². The third-order valence-corrected chi connectivity index (χ3v) is 7.87. The van der Waals surface area contributed by atoms with Gasteiger partial charge in [-0.2, -0.15) is 8.78 Å². The number of allylic oxidation sites excluding steroid dienone is 3. The lowest BCUT2D eigenvalue weighted by Gasteiger charge is -2.37. The van der Waals surface area contributed by atoms with Crippen LogP contribution in [-0.4, -0.2) is 12.5 Å². The van der Waals surface area contributed by atoms with Crippen LogP contribution in [0.5, 0.6) is 11.5 Å². The molecule has 0 amide bonds. The summed E-state index contributed by atoms with van der Waals surface area (Å²) < 4.78 is 133. The molecule has 0 saturated heterocycles. The van der Waals surface area contributed by atoms with Crippen LogP contribution in [0.4, 0.5) is 39.5 Å². The lowest BCUT2D eigenvalue weighted by Crippen LogP contribution is -2.38. The molecule has 224 valence electrons. The van der Waals surface area contributed by atoms with E-state index < -0.39 is 64.3 Å². The van der Waals surface area contributed by atoms with Gasteiger partial charge in [0.05, 0.1) is 11.5 Å². The van der Waals surface area contributed by atoms with Crippen molar-refractivity contribution in [2.45, 2.75) is 63.8 Å². The molecule has 2 atom stereocenters. The number of hydrogen-bond acceptors (Lipinski definition) is 2. The molecule has 0 spiro atoms. The van der Waals surface area contributed by atoms with Crippen molar-refractivity contribution in [3.05, 3.63) is 72.3 Å². The van der Waals surface area contributed by atoms with Crippen molar-refractivity contribution >= 4 is 0 Å². The van der Waals surface area contributed by atoms with Crippen molar-refractivity contribution < 1.29 is 49.0 Å². The Morgan fingerprint density at radius 2 is 1.37 bits per heavy atom. The molecule has 2 aromatic rings. The maximum atomic E-state index is 15.0. The molecule has 2 aliphatic rings. The molecule has 4 rings (SSSR count). The molecule has 0 aliphatic heterocycles.